The largest absolute Gasteiger partial charge is 0.455 e. The van der Waals surface area contributed by atoms with Crippen LogP contribution < -0.4 is 10.6 Å². The molecule has 0 atom stereocenters. The van der Waals surface area contributed by atoms with Crippen LogP contribution in [0.2, 0.25) is 5.02 Å². The predicted molar refractivity (Wildman–Crippen MR) is 107 cm³/mol. The SMILES string of the molecule is CC(C)CNC(=O)NC(=O)COC(=O)CSc1cccc2cccc(Cl)c12. The summed E-state index contributed by atoms with van der Waals surface area (Å²) >= 11 is 7.53. The van der Waals surface area contributed by atoms with Gasteiger partial charge in [0.25, 0.3) is 5.91 Å². The molecule has 2 rings (SSSR count). The number of halogens is 1. The predicted octanol–water partition coefficient (Wildman–Crippen LogP) is 3.61. The maximum atomic E-state index is 11.9. The van der Waals surface area contributed by atoms with Crippen LogP contribution in [0.5, 0.6) is 0 Å². The van der Waals surface area contributed by atoms with Crippen molar-refractivity contribution in [2.75, 3.05) is 18.9 Å². The van der Waals surface area contributed by atoms with Gasteiger partial charge in [0.05, 0.1) is 5.75 Å². The first kappa shape index (κ1) is 21.1. The zero-order valence-electron chi connectivity index (χ0n) is 15.1. The summed E-state index contributed by atoms with van der Waals surface area (Å²) in [5.41, 5.74) is 0. The molecule has 2 aromatic rings. The van der Waals surface area contributed by atoms with E-state index in [0.29, 0.717) is 11.6 Å². The van der Waals surface area contributed by atoms with Crippen LogP contribution in [0.4, 0.5) is 4.79 Å². The average Bonchev–Trinajstić information content (AvgIpc) is 2.63. The fraction of sp³-hybridized carbons (Fsp3) is 0.316. The van der Waals surface area contributed by atoms with Crippen LogP contribution in [0, 0.1) is 5.92 Å². The van der Waals surface area contributed by atoms with E-state index in [9.17, 15) is 14.4 Å². The van der Waals surface area contributed by atoms with Gasteiger partial charge in [0.2, 0.25) is 0 Å². The van der Waals surface area contributed by atoms with E-state index in [4.69, 9.17) is 16.3 Å². The highest BCUT2D eigenvalue weighted by atomic mass is 35.5. The summed E-state index contributed by atoms with van der Waals surface area (Å²) in [6.45, 7) is 3.81. The smallest absolute Gasteiger partial charge is 0.321 e. The van der Waals surface area contributed by atoms with Crippen molar-refractivity contribution >= 4 is 52.0 Å². The molecule has 144 valence electrons. The minimum atomic E-state index is -0.678. The van der Waals surface area contributed by atoms with Crippen molar-refractivity contribution in [1.29, 1.82) is 0 Å². The van der Waals surface area contributed by atoms with Gasteiger partial charge in [0, 0.05) is 21.8 Å². The molecule has 0 aliphatic rings. The van der Waals surface area contributed by atoms with Crippen molar-refractivity contribution in [3.05, 3.63) is 41.4 Å². The van der Waals surface area contributed by atoms with Crippen LogP contribution in [0.25, 0.3) is 10.8 Å². The van der Waals surface area contributed by atoms with Gasteiger partial charge in [-0.3, -0.25) is 14.9 Å². The summed E-state index contributed by atoms with van der Waals surface area (Å²) in [6, 6.07) is 10.7. The van der Waals surface area contributed by atoms with Crippen molar-refractivity contribution in [3.8, 4) is 0 Å². The molecule has 0 aromatic heterocycles. The number of amides is 3. The quantitative estimate of drug-likeness (QED) is 0.540. The number of benzene rings is 2. The summed E-state index contributed by atoms with van der Waals surface area (Å²) in [7, 11) is 0. The normalized spacial score (nSPS) is 10.7. The number of rotatable bonds is 7. The fourth-order valence-electron chi connectivity index (χ4n) is 2.21. The zero-order chi connectivity index (χ0) is 19.8. The standard InChI is InChI=1S/C19H21ClN2O4S/c1-12(2)9-21-19(25)22-16(23)10-26-17(24)11-27-15-8-4-6-13-5-3-7-14(20)18(13)15/h3-8,12H,9-11H2,1-2H3,(H2,21,22,23,25). The van der Waals surface area contributed by atoms with E-state index in [1.165, 1.54) is 11.8 Å². The van der Waals surface area contributed by atoms with Crippen LogP contribution >= 0.6 is 23.4 Å². The molecule has 0 heterocycles. The fourth-order valence-corrected chi connectivity index (χ4v) is 3.45. The van der Waals surface area contributed by atoms with Crippen molar-refractivity contribution in [2.24, 2.45) is 5.92 Å². The van der Waals surface area contributed by atoms with E-state index in [1.54, 1.807) is 6.07 Å². The molecule has 0 saturated carbocycles. The van der Waals surface area contributed by atoms with Gasteiger partial charge >= 0.3 is 12.0 Å². The topological polar surface area (TPSA) is 84.5 Å². The molecule has 0 fully saturated rings. The summed E-state index contributed by atoms with van der Waals surface area (Å²) in [5, 5.41) is 7.11. The van der Waals surface area contributed by atoms with Gasteiger partial charge in [0.15, 0.2) is 6.61 Å². The highest BCUT2D eigenvalue weighted by Gasteiger charge is 2.13. The third-order valence-electron chi connectivity index (χ3n) is 3.45. The van der Waals surface area contributed by atoms with Gasteiger partial charge in [-0.05, 0) is 23.4 Å². The third kappa shape index (κ3) is 6.77. The Bertz CT molecular complexity index is 836. The second-order valence-corrected chi connectivity index (χ2v) is 7.62. The molecule has 27 heavy (non-hydrogen) atoms. The molecule has 2 N–H and O–H groups in total. The van der Waals surface area contributed by atoms with E-state index in [1.807, 2.05) is 44.2 Å². The van der Waals surface area contributed by atoms with Crippen LogP contribution in [-0.2, 0) is 14.3 Å². The van der Waals surface area contributed by atoms with Crippen LogP contribution in [-0.4, -0.2) is 36.8 Å². The first-order chi connectivity index (χ1) is 12.9. The summed E-state index contributed by atoms with van der Waals surface area (Å²) in [5.74, 6) is -0.940. The Kier molecular flexibility index (Phi) is 7.94. The molecule has 6 nitrogen and oxygen atoms in total. The number of carbonyl (C=O) groups excluding carboxylic acids is 3. The Balaban J connectivity index is 1.80. The molecule has 0 aliphatic carbocycles. The maximum absolute atomic E-state index is 11.9. The monoisotopic (exact) mass is 408 g/mol. The number of fused-ring (bicyclic) bond motifs is 1. The molecule has 3 amide bonds. The minimum Gasteiger partial charge on any atom is -0.455 e. The summed E-state index contributed by atoms with van der Waals surface area (Å²) in [4.78, 5) is 35.8. The molecule has 8 heteroatoms. The van der Waals surface area contributed by atoms with Gasteiger partial charge in [-0.15, -0.1) is 11.8 Å². The Morgan fingerprint density at radius 3 is 2.56 bits per heavy atom. The minimum absolute atomic E-state index is 0.0250. The lowest BCUT2D eigenvalue weighted by Crippen LogP contribution is -2.42. The van der Waals surface area contributed by atoms with E-state index in [2.05, 4.69) is 10.6 Å². The van der Waals surface area contributed by atoms with E-state index >= 15 is 0 Å². The van der Waals surface area contributed by atoms with Gasteiger partial charge < -0.3 is 10.1 Å². The van der Waals surface area contributed by atoms with Crippen molar-refractivity contribution < 1.29 is 19.1 Å². The van der Waals surface area contributed by atoms with Crippen molar-refractivity contribution in [3.63, 3.8) is 0 Å². The second kappa shape index (κ2) is 10.2. The number of thioether (sulfide) groups is 1. The average molecular weight is 409 g/mol. The van der Waals surface area contributed by atoms with Crippen molar-refractivity contribution in [2.45, 2.75) is 18.7 Å². The molecule has 0 radical (unpaired) electrons. The van der Waals surface area contributed by atoms with Gasteiger partial charge in [-0.1, -0.05) is 49.7 Å². The lowest BCUT2D eigenvalue weighted by Gasteiger charge is -2.09. The van der Waals surface area contributed by atoms with Crippen molar-refractivity contribution in [1.82, 2.24) is 10.6 Å². The lowest BCUT2D eigenvalue weighted by molar-refractivity contribution is -0.145. The molecule has 0 bridgehead atoms. The van der Waals surface area contributed by atoms with Gasteiger partial charge in [0.1, 0.15) is 0 Å². The maximum Gasteiger partial charge on any atom is 0.321 e. The first-order valence-electron chi connectivity index (χ1n) is 8.40. The Morgan fingerprint density at radius 2 is 1.85 bits per heavy atom. The van der Waals surface area contributed by atoms with E-state index in [-0.39, 0.29) is 11.7 Å². The first-order valence-corrected chi connectivity index (χ1v) is 9.76. The Labute approximate surface area is 167 Å². The Hall–Kier alpha value is -2.25. The molecule has 0 aliphatic heterocycles. The molecular formula is C19H21ClN2O4S. The molecule has 0 unspecified atom stereocenters. The number of imide groups is 1. The van der Waals surface area contributed by atoms with Gasteiger partial charge in [-0.25, -0.2) is 4.79 Å². The lowest BCUT2D eigenvalue weighted by atomic mass is 10.1. The number of hydrogen-bond donors (Lipinski definition) is 2. The molecule has 2 aromatic carbocycles. The summed E-state index contributed by atoms with van der Waals surface area (Å²) in [6.07, 6.45) is 0. The highest BCUT2D eigenvalue weighted by molar-refractivity contribution is 8.00. The Morgan fingerprint density at radius 1 is 1.15 bits per heavy atom. The van der Waals surface area contributed by atoms with Crippen LogP contribution in [0.3, 0.4) is 0 Å². The number of carbonyl (C=O) groups is 3. The van der Waals surface area contributed by atoms with E-state index in [0.717, 1.165) is 15.7 Å². The number of nitrogens with one attached hydrogen (secondary N) is 2. The van der Waals surface area contributed by atoms with Gasteiger partial charge in [-0.2, -0.15) is 0 Å². The van der Waals surface area contributed by atoms with Crippen LogP contribution in [0.1, 0.15) is 13.8 Å². The molecule has 0 spiro atoms. The number of ether oxygens (including phenoxy) is 1. The number of urea groups is 1. The zero-order valence-corrected chi connectivity index (χ0v) is 16.7. The molecule has 0 saturated heterocycles. The second-order valence-electron chi connectivity index (χ2n) is 6.20. The highest BCUT2D eigenvalue weighted by Crippen LogP contribution is 2.33. The molecular weight excluding hydrogens is 388 g/mol. The third-order valence-corrected chi connectivity index (χ3v) is 4.80. The number of esters is 1. The number of hydrogen-bond acceptors (Lipinski definition) is 5. The van der Waals surface area contributed by atoms with Crippen LogP contribution in [0.15, 0.2) is 41.3 Å². The summed E-state index contributed by atoms with van der Waals surface area (Å²) < 4.78 is 4.91. The van der Waals surface area contributed by atoms with E-state index < -0.39 is 24.5 Å².